The van der Waals surface area contributed by atoms with E-state index < -0.39 is 0 Å². The molecule has 0 aromatic carbocycles. The van der Waals surface area contributed by atoms with Gasteiger partial charge in [0.25, 0.3) is 0 Å². The molecule has 1 aromatic rings. The highest BCUT2D eigenvalue weighted by atomic mass is 15.1. The van der Waals surface area contributed by atoms with Gasteiger partial charge in [-0.1, -0.05) is 5.92 Å². The molecule has 1 heterocycles. The number of terminal acetylenes is 1. The van der Waals surface area contributed by atoms with E-state index in [2.05, 4.69) is 10.9 Å². The zero-order chi connectivity index (χ0) is 10.4. The molecule has 0 fully saturated rings. The fraction of sp³-hybridized carbons (Fsp3) is 0.500. The van der Waals surface area contributed by atoms with E-state index in [9.17, 15) is 0 Å². The molecule has 1 aromatic heterocycles. The summed E-state index contributed by atoms with van der Waals surface area (Å²) in [6.07, 6.45) is 9.00. The monoisotopic (exact) mass is 192 g/mol. The van der Waals surface area contributed by atoms with Crippen LogP contribution in [0.2, 0.25) is 0 Å². The Hall–Kier alpha value is -1.31. The van der Waals surface area contributed by atoms with Crippen molar-refractivity contribution in [3.63, 3.8) is 0 Å². The number of imidazole rings is 1. The molecule has 0 amide bonds. The van der Waals surface area contributed by atoms with Gasteiger partial charge in [-0.2, -0.15) is 0 Å². The van der Waals surface area contributed by atoms with Crippen LogP contribution in [-0.2, 0) is 13.1 Å². The first kappa shape index (κ1) is 10.8. The minimum Gasteiger partial charge on any atom is -0.336 e. The van der Waals surface area contributed by atoms with Crippen molar-refractivity contribution in [3.8, 4) is 12.3 Å². The summed E-state index contributed by atoms with van der Waals surface area (Å²) in [5.41, 5.74) is 6.46. The summed E-state index contributed by atoms with van der Waals surface area (Å²) in [5, 5.41) is 0. The Morgan fingerprint density at radius 3 is 3.14 bits per heavy atom. The van der Waals surface area contributed by atoms with Crippen LogP contribution in [0.1, 0.15) is 5.69 Å². The maximum atomic E-state index is 5.43. The van der Waals surface area contributed by atoms with E-state index in [0.717, 1.165) is 18.8 Å². The molecule has 4 nitrogen and oxygen atoms in total. The standard InChI is InChI=1S/C10H16N4/c1-3-5-13(2)7-10-8-14(6-4-11)9-12-10/h1,8-9H,4-7,11H2,2H3. The number of hydrogen-bond acceptors (Lipinski definition) is 3. The van der Waals surface area contributed by atoms with Crippen molar-refractivity contribution in [3.05, 3.63) is 18.2 Å². The second-order valence-electron chi connectivity index (χ2n) is 3.27. The molecule has 76 valence electrons. The molecule has 2 N–H and O–H groups in total. The van der Waals surface area contributed by atoms with E-state index in [1.165, 1.54) is 0 Å². The molecule has 14 heavy (non-hydrogen) atoms. The van der Waals surface area contributed by atoms with Gasteiger partial charge in [0.2, 0.25) is 0 Å². The lowest BCUT2D eigenvalue weighted by atomic mass is 10.4. The van der Waals surface area contributed by atoms with Crippen molar-refractivity contribution in [1.82, 2.24) is 14.5 Å². The number of hydrogen-bond donors (Lipinski definition) is 1. The van der Waals surface area contributed by atoms with Crippen molar-refractivity contribution >= 4 is 0 Å². The Bertz CT molecular complexity index is 310. The molecule has 0 radical (unpaired) electrons. The normalized spacial score (nSPS) is 10.4. The minimum atomic E-state index is 0.635. The highest BCUT2D eigenvalue weighted by Crippen LogP contribution is 1.99. The zero-order valence-corrected chi connectivity index (χ0v) is 8.48. The van der Waals surface area contributed by atoms with Gasteiger partial charge in [-0.3, -0.25) is 4.90 Å². The summed E-state index contributed by atoms with van der Waals surface area (Å²) in [4.78, 5) is 6.29. The predicted octanol–water partition coefficient (Wildman–Crippen LogP) is -0.0932. The fourth-order valence-corrected chi connectivity index (χ4v) is 1.25. The summed E-state index contributed by atoms with van der Waals surface area (Å²) < 4.78 is 1.99. The van der Waals surface area contributed by atoms with Gasteiger partial charge >= 0.3 is 0 Å². The lowest BCUT2D eigenvalue weighted by Gasteiger charge is -2.10. The molecule has 0 aliphatic heterocycles. The summed E-state index contributed by atoms with van der Waals surface area (Å²) in [6, 6.07) is 0. The van der Waals surface area contributed by atoms with Gasteiger partial charge in [0.1, 0.15) is 0 Å². The number of nitrogens with zero attached hydrogens (tertiary/aromatic N) is 3. The third-order valence-electron chi connectivity index (χ3n) is 1.87. The molecular weight excluding hydrogens is 176 g/mol. The first-order valence-electron chi connectivity index (χ1n) is 4.59. The van der Waals surface area contributed by atoms with Crippen LogP contribution in [0.4, 0.5) is 0 Å². The zero-order valence-electron chi connectivity index (χ0n) is 8.48. The molecule has 4 heteroatoms. The second-order valence-corrected chi connectivity index (χ2v) is 3.27. The quantitative estimate of drug-likeness (QED) is 0.663. The lowest BCUT2D eigenvalue weighted by Crippen LogP contribution is -2.18. The first-order valence-corrected chi connectivity index (χ1v) is 4.59. The van der Waals surface area contributed by atoms with Crippen molar-refractivity contribution in [1.29, 1.82) is 0 Å². The van der Waals surface area contributed by atoms with Crippen LogP contribution in [0.5, 0.6) is 0 Å². The van der Waals surface area contributed by atoms with Crippen molar-refractivity contribution in [2.45, 2.75) is 13.1 Å². The smallest absolute Gasteiger partial charge is 0.0950 e. The molecule has 0 aliphatic rings. The first-order chi connectivity index (χ1) is 6.76. The van der Waals surface area contributed by atoms with Crippen LogP contribution in [0, 0.1) is 12.3 Å². The predicted molar refractivity (Wildman–Crippen MR) is 56.4 cm³/mol. The molecule has 0 unspecified atom stereocenters. The van der Waals surface area contributed by atoms with Crippen LogP contribution >= 0.6 is 0 Å². The second kappa shape index (κ2) is 5.43. The molecule has 0 saturated carbocycles. The third kappa shape index (κ3) is 3.21. The molecule has 0 saturated heterocycles. The number of aromatic nitrogens is 2. The van der Waals surface area contributed by atoms with Gasteiger partial charge in [-0.05, 0) is 7.05 Å². The van der Waals surface area contributed by atoms with E-state index in [1.807, 2.05) is 22.7 Å². The average molecular weight is 192 g/mol. The van der Waals surface area contributed by atoms with Gasteiger partial charge in [-0.15, -0.1) is 6.42 Å². The van der Waals surface area contributed by atoms with Gasteiger partial charge in [0.05, 0.1) is 18.6 Å². The van der Waals surface area contributed by atoms with E-state index in [1.54, 1.807) is 6.33 Å². The highest BCUT2D eigenvalue weighted by molar-refractivity contribution is 4.98. The van der Waals surface area contributed by atoms with Gasteiger partial charge in [-0.25, -0.2) is 4.98 Å². The summed E-state index contributed by atoms with van der Waals surface area (Å²) in [7, 11) is 1.97. The van der Waals surface area contributed by atoms with Crippen molar-refractivity contribution in [2.75, 3.05) is 20.1 Å². The lowest BCUT2D eigenvalue weighted by molar-refractivity contribution is 0.364. The molecule has 1 rings (SSSR count). The number of nitrogens with two attached hydrogens (primary N) is 1. The molecule has 0 atom stereocenters. The Kier molecular flexibility index (Phi) is 4.17. The van der Waals surface area contributed by atoms with Crippen LogP contribution in [0.15, 0.2) is 12.5 Å². The molecule has 0 spiro atoms. The minimum absolute atomic E-state index is 0.635. The van der Waals surface area contributed by atoms with E-state index in [-0.39, 0.29) is 0 Å². The van der Waals surface area contributed by atoms with Gasteiger partial charge < -0.3 is 10.3 Å². The van der Waals surface area contributed by atoms with Gasteiger partial charge in [0.15, 0.2) is 0 Å². The van der Waals surface area contributed by atoms with Crippen LogP contribution < -0.4 is 5.73 Å². The maximum absolute atomic E-state index is 5.43. The number of rotatable bonds is 5. The summed E-state index contributed by atoms with van der Waals surface area (Å²) in [6.45, 7) is 2.87. The van der Waals surface area contributed by atoms with Gasteiger partial charge in [0, 0.05) is 25.8 Å². The van der Waals surface area contributed by atoms with E-state index >= 15 is 0 Å². The topological polar surface area (TPSA) is 47.1 Å². The Balaban J connectivity index is 2.47. The van der Waals surface area contributed by atoms with Crippen LogP contribution in [0.3, 0.4) is 0 Å². The van der Waals surface area contributed by atoms with Crippen LogP contribution in [0.25, 0.3) is 0 Å². The van der Waals surface area contributed by atoms with Crippen LogP contribution in [-0.4, -0.2) is 34.6 Å². The third-order valence-corrected chi connectivity index (χ3v) is 1.87. The Morgan fingerprint density at radius 1 is 1.71 bits per heavy atom. The Labute approximate surface area is 84.7 Å². The summed E-state index contributed by atoms with van der Waals surface area (Å²) >= 11 is 0. The van der Waals surface area contributed by atoms with Crippen molar-refractivity contribution < 1.29 is 0 Å². The average Bonchev–Trinajstić information content (AvgIpc) is 2.53. The largest absolute Gasteiger partial charge is 0.336 e. The summed E-state index contributed by atoms with van der Waals surface area (Å²) in [5.74, 6) is 2.59. The molecule has 0 bridgehead atoms. The maximum Gasteiger partial charge on any atom is 0.0950 e. The molecule has 0 aliphatic carbocycles. The molecular formula is C10H16N4. The Morgan fingerprint density at radius 2 is 2.50 bits per heavy atom. The van der Waals surface area contributed by atoms with E-state index in [4.69, 9.17) is 12.2 Å². The van der Waals surface area contributed by atoms with Crippen molar-refractivity contribution in [2.24, 2.45) is 5.73 Å². The SMILES string of the molecule is C#CCN(C)Cc1cn(CCN)cn1. The fourth-order valence-electron chi connectivity index (χ4n) is 1.25. The van der Waals surface area contributed by atoms with E-state index in [0.29, 0.717) is 13.1 Å². The highest BCUT2D eigenvalue weighted by Gasteiger charge is 2.01.